The van der Waals surface area contributed by atoms with Gasteiger partial charge in [-0.3, -0.25) is 14.5 Å². The summed E-state index contributed by atoms with van der Waals surface area (Å²) in [6.07, 6.45) is 9.99. The van der Waals surface area contributed by atoms with E-state index < -0.39 is 0 Å². The molecule has 0 saturated carbocycles. The van der Waals surface area contributed by atoms with Crippen LogP contribution in [0.5, 0.6) is 11.5 Å². The molecule has 3 heterocycles. The van der Waals surface area contributed by atoms with Crippen molar-refractivity contribution in [3.8, 4) is 46.2 Å². The highest BCUT2D eigenvalue weighted by atomic mass is 79.9. The second kappa shape index (κ2) is 25.8. The predicted octanol–water partition coefficient (Wildman–Crippen LogP) is 13.0. The largest absolute Gasteiger partial charge is 0.488 e. The summed E-state index contributed by atoms with van der Waals surface area (Å²) >= 11 is 3.47. The zero-order chi connectivity index (χ0) is 50.9. The molecule has 0 spiro atoms. The molecule has 0 unspecified atom stereocenters. The summed E-state index contributed by atoms with van der Waals surface area (Å²) in [7, 11) is 0. The molecule has 2 aromatic heterocycles. The smallest absolute Gasteiger partial charge is 0.277 e. The Morgan fingerprint density at radius 2 is 0.973 bits per heavy atom. The van der Waals surface area contributed by atoms with E-state index in [0.29, 0.717) is 83.5 Å². The minimum atomic E-state index is -0.174. The summed E-state index contributed by atoms with van der Waals surface area (Å²) in [5.74, 6) is 1.07. The number of nitrogens with zero attached hydrogens (tertiary/aromatic N) is 7. The van der Waals surface area contributed by atoms with E-state index in [9.17, 15) is 20.1 Å². The first-order chi connectivity index (χ1) is 35.8. The van der Waals surface area contributed by atoms with Gasteiger partial charge in [-0.25, -0.2) is 9.97 Å². The van der Waals surface area contributed by atoms with Crippen LogP contribution in [0, 0.1) is 22.7 Å². The minimum Gasteiger partial charge on any atom is -0.488 e. The first-order valence-electron chi connectivity index (χ1n) is 25.5. The van der Waals surface area contributed by atoms with Crippen LogP contribution in [0.15, 0.2) is 155 Å². The highest BCUT2D eigenvalue weighted by molar-refractivity contribution is 9.09. The number of piperidine rings is 1. The topological polar surface area (TPSA) is 139 Å². The molecule has 9 rings (SSSR count). The average Bonchev–Trinajstić information content (AvgIpc) is 3.43. The number of aryl methyl sites for hydroxylation is 2. The van der Waals surface area contributed by atoms with Gasteiger partial charge in [-0.2, -0.15) is 10.5 Å². The third kappa shape index (κ3) is 13.2. The van der Waals surface area contributed by atoms with Gasteiger partial charge in [0.05, 0.1) is 45.3 Å². The third-order valence-electron chi connectivity index (χ3n) is 13.6. The van der Waals surface area contributed by atoms with Crippen molar-refractivity contribution in [1.29, 1.82) is 10.5 Å². The number of rotatable bonds is 19. The van der Waals surface area contributed by atoms with Gasteiger partial charge in [-0.15, -0.1) is 0 Å². The predicted molar refractivity (Wildman–Crippen MR) is 295 cm³/mol. The molecule has 2 atom stereocenters. The van der Waals surface area contributed by atoms with Crippen LogP contribution < -0.4 is 20.6 Å². The Bertz CT molecular complexity index is 3320. The molecule has 0 bridgehead atoms. The van der Waals surface area contributed by atoms with E-state index in [0.717, 1.165) is 83.6 Å². The van der Waals surface area contributed by atoms with Crippen LogP contribution in [0.25, 0.3) is 44.6 Å². The molecular formula is C61H62BrN7O4. The lowest BCUT2D eigenvalue weighted by molar-refractivity contribution is 0.101. The summed E-state index contributed by atoms with van der Waals surface area (Å²) in [4.78, 5) is 39.7. The van der Waals surface area contributed by atoms with E-state index in [-0.39, 0.29) is 11.1 Å². The maximum atomic E-state index is 14.0. The Morgan fingerprint density at radius 1 is 0.548 bits per heavy atom. The van der Waals surface area contributed by atoms with Crippen molar-refractivity contribution < 1.29 is 9.47 Å². The lowest BCUT2D eigenvalue weighted by Crippen LogP contribution is -2.44. The second-order valence-corrected chi connectivity index (χ2v) is 19.5. The molecule has 11 nitrogen and oxygen atoms in total. The standard InChI is InChI=1S/C34H38N4O2.C27H24BrN3O2/c1-25-12-11-13-26(2)37(25)20-9-4-10-21-38-31-17-8-7-16-30(31)36-33(34(38)39)29-22-28(23-35)18-19-32(29)40-24-27-14-5-3-6-15-27;28-15-7-2-8-16-31-24-12-6-5-11-23(24)30-26(27(31)32)22-17-21(18-29)13-14-25(22)33-19-20-9-3-1-4-10-20/h3,5-8,14-19,22,25-26H,4,9-13,20-21,24H2,1-2H3;1,3-6,9-14,17H,2,7-8,15-16,19H2/t25-,26+;. The number of fused-ring (bicyclic) bond motifs is 2. The fourth-order valence-corrected chi connectivity index (χ4v) is 10.1. The first-order valence-corrected chi connectivity index (χ1v) is 26.6. The van der Waals surface area contributed by atoms with E-state index in [1.807, 2.05) is 114 Å². The number of hydrogen-bond acceptors (Lipinski definition) is 9. The second-order valence-electron chi connectivity index (χ2n) is 18.7. The van der Waals surface area contributed by atoms with Crippen LogP contribution in [-0.2, 0) is 26.3 Å². The van der Waals surface area contributed by atoms with Gasteiger partial charge >= 0.3 is 0 Å². The fourth-order valence-electron chi connectivity index (χ4n) is 9.67. The summed E-state index contributed by atoms with van der Waals surface area (Å²) in [5.41, 5.74) is 7.47. The van der Waals surface area contributed by atoms with E-state index in [1.54, 1.807) is 41.0 Å². The Balaban J connectivity index is 0.000000199. The number of ether oxygens (including phenoxy) is 2. The summed E-state index contributed by atoms with van der Waals surface area (Å²) in [6, 6.07) is 51.2. The number of nitriles is 2. The maximum absolute atomic E-state index is 14.0. The van der Waals surface area contributed by atoms with E-state index in [2.05, 4.69) is 46.8 Å². The van der Waals surface area contributed by atoms with Crippen molar-refractivity contribution in [3.63, 3.8) is 0 Å². The average molecular weight is 1040 g/mol. The van der Waals surface area contributed by atoms with Gasteiger partial charge in [0.1, 0.15) is 36.1 Å². The van der Waals surface area contributed by atoms with Gasteiger partial charge in [0.15, 0.2) is 0 Å². The van der Waals surface area contributed by atoms with Gasteiger partial charge in [-0.05, 0) is 131 Å². The van der Waals surface area contributed by atoms with Gasteiger partial charge in [0.2, 0.25) is 0 Å². The maximum Gasteiger partial charge on any atom is 0.277 e. The van der Waals surface area contributed by atoms with Crippen molar-refractivity contribution in [2.45, 2.75) is 110 Å². The van der Waals surface area contributed by atoms with Crippen molar-refractivity contribution in [2.75, 3.05) is 11.9 Å². The summed E-state index contributed by atoms with van der Waals surface area (Å²) in [5, 5.41) is 20.0. The van der Waals surface area contributed by atoms with E-state index >= 15 is 0 Å². The van der Waals surface area contributed by atoms with Crippen LogP contribution in [-0.4, -0.2) is 48.0 Å². The molecule has 1 saturated heterocycles. The number of hydrogen-bond donors (Lipinski definition) is 0. The van der Waals surface area contributed by atoms with Crippen LogP contribution in [0.2, 0.25) is 0 Å². The normalized spacial score (nSPS) is 14.5. The molecule has 372 valence electrons. The summed E-state index contributed by atoms with van der Waals surface area (Å²) in [6.45, 7) is 7.75. The van der Waals surface area contributed by atoms with Crippen molar-refractivity contribution >= 4 is 38.0 Å². The molecule has 0 N–H and O–H groups in total. The van der Waals surface area contributed by atoms with Gasteiger partial charge < -0.3 is 18.6 Å². The van der Waals surface area contributed by atoms with Crippen molar-refractivity contribution in [3.05, 3.63) is 189 Å². The lowest BCUT2D eigenvalue weighted by Gasteiger charge is -2.39. The molecule has 0 aliphatic carbocycles. The molecule has 1 fully saturated rings. The van der Waals surface area contributed by atoms with Gasteiger partial charge in [-0.1, -0.05) is 120 Å². The molecular weight excluding hydrogens is 975 g/mol. The number of alkyl halides is 1. The molecule has 73 heavy (non-hydrogen) atoms. The molecule has 6 aromatic carbocycles. The van der Waals surface area contributed by atoms with Crippen molar-refractivity contribution in [2.24, 2.45) is 0 Å². The monoisotopic (exact) mass is 1040 g/mol. The van der Waals surface area contributed by atoms with E-state index in [1.165, 1.54) is 19.3 Å². The van der Waals surface area contributed by atoms with Crippen LogP contribution in [0.4, 0.5) is 0 Å². The zero-order valence-electron chi connectivity index (χ0n) is 41.8. The lowest BCUT2D eigenvalue weighted by atomic mass is 9.97. The molecule has 8 aromatic rings. The highest BCUT2D eigenvalue weighted by Crippen LogP contribution is 2.32. The zero-order valence-corrected chi connectivity index (χ0v) is 43.3. The minimum absolute atomic E-state index is 0.156. The van der Waals surface area contributed by atoms with Gasteiger partial charge in [0, 0.05) is 41.6 Å². The van der Waals surface area contributed by atoms with Crippen LogP contribution in [0.1, 0.15) is 93.9 Å². The molecule has 0 amide bonds. The Morgan fingerprint density at radius 3 is 1.42 bits per heavy atom. The number of unbranched alkanes of at least 4 members (excludes halogenated alkanes) is 4. The molecule has 12 heteroatoms. The number of para-hydroxylation sites is 4. The van der Waals surface area contributed by atoms with E-state index in [4.69, 9.17) is 19.4 Å². The number of benzene rings is 6. The first kappa shape index (κ1) is 52.0. The van der Waals surface area contributed by atoms with Crippen LogP contribution >= 0.6 is 15.9 Å². The highest BCUT2D eigenvalue weighted by Gasteiger charge is 2.24. The Labute approximate surface area is 436 Å². The fraction of sp³-hybridized carbons (Fsp3) is 0.311. The molecule has 1 aliphatic rings. The summed E-state index contributed by atoms with van der Waals surface area (Å²) < 4.78 is 15.9. The number of aromatic nitrogens is 4. The van der Waals surface area contributed by atoms with Crippen LogP contribution in [0.3, 0.4) is 0 Å². The Hall–Kier alpha value is -7.38. The number of halogens is 1. The van der Waals surface area contributed by atoms with Gasteiger partial charge in [0.25, 0.3) is 11.1 Å². The molecule has 0 radical (unpaired) electrons. The Kier molecular flexibility index (Phi) is 18.4. The quantitative estimate of drug-likeness (QED) is 0.0572. The number of likely N-dealkylation sites (tertiary alicyclic amines) is 1. The molecule has 1 aliphatic heterocycles. The third-order valence-corrected chi connectivity index (χ3v) is 14.2. The SMILES string of the molecule is C[C@@H]1CCC[C@H](C)N1CCCCCn1c(=O)c(-c2cc(C#N)ccc2OCc2ccccc2)nc2ccccc21.N#Cc1ccc(OCc2ccccc2)c(-c2nc3ccccc3n(CCCCCBr)c2=O)c1. The van der Waals surface area contributed by atoms with Crippen molar-refractivity contribution in [1.82, 2.24) is 24.0 Å².